The lowest BCUT2D eigenvalue weighted by molar-refractivity contribution is -0.130. The predicted octanol–water partition coefficient (Wildman–Crippen LogP) is 1.06. The fourth-order valence-corrected chi connectivity index (χ4v) is 3.93. The molecule has 1 aliphatic rings. The normalized spacial score (nSPS) is 15.3. The highest BCUT2D eigenvalue weighted by atomic mass is 32.2. The summed E-state index contributed by atoms with van der Waals surface area (Å²) in [6.45, 7) is 4.27. The van der Waals surface area contributed by atoms with E-state index in [4.69, 9.17) is 4.74 Å². The van der Waals surface area contributed by atoms with Gasteiger partial charge in [0.15, 0.2) is 0 Å². The Balaban J connectivity index is 1.84. The van der Waals surface area contributed by atoms with E-state index < -0.39 is 10.0 Å². The first-order valence-corrected chi connectivity index (χ1v) is 10.2. The smallest absolute Gasteiger partial charge is 0.237 e. The SMILES string of the molecule is CCCCS(=O)(=O)NCC(=O)N1CCN(c2ccccc2OC)CC1. The van der Waals surface area contributed by atoms with E-state index in [0.717, 1.165) is 17.9 Å². The van der Waals surface area contributed by atoms with Crippen molar-refractivity contribution in [3.05, 3.63) is 24.3 Å². The maximum Gasteiger partial charge on any atom is 0.237 e. The van der Waals surface area contributed by atoms with Gasteiger partial charge in [0.05, 0.1) is 25.1 Å². The van der Waals surface area contributed by atoms with Gasteiger partial charge < -0.3 is 14.5 Å². The van der Waals surface area contributed by atoms with E-state index in [1.165, 1.54) is 0 Å². The van der Waals surface area contributed by atoms with Crippen molar-refractivity contribution in [3.63, 3.8) is 0 Å². The second-order valence-electron chi connectivity index (χ2n) is 6.03. The van der Waals surface area contributed by atoms with Gasteiger partial charge in [-0.1, -0.05) is 25.5 Å². The number of piperazine rings is 1. The summed E-state index contributed by atoms with van der Waals surface area (Å²) in [6, 6.07) is 7.79. The van der Waals surface area contributed by atoms with Crippen molar-refractivity contribution in [1.82, 2.24) is 9.62 Å². The molecule has 0 aromatic heterocycles. The molecule has 0 atom stereocenters. The minimum absolute atomic E-state index is 0.0678. The van der Waals surface area contributed by atoms with Crippen LogP contribution in [0.25, 0.3) is 0 Å². The number of hydrogen-bond acceptors (Lipinski definition) is 5. The lowest BCUT2D eigenvalue weighted by Gasteiger charge is -2.36. The summed E-state index contributed by atoms with van der Waals surface area (Å²) in [5, 5.41) is 0. The minimum atomic E-state index is -3.36. The van der Waals surface area contributed by atoms with E-state index >= 15 is 0 Å². The summed E-state index contributed by atoms with van der Waals surface area (Å²) in [5.41, 5.74) is 1.01. The molecule has 7 nitrogen and oxygen atoms in total. The van der Waals surface area contributed by atoms with Gasteiger partial charge in [0.1, 0.15) is 5.75 Å². The van der Waals surface area contributed by atoms with Crippen molar-refractivity contribution in [2.75, 3.05) is 50.5 Å². The predicted molar refractivity (Wildman–Crippen MR) is 98.5 cm³/mol. The van der Waals surface area contributed by atoms with Crippen molar-refractivity contribution in [2.45, 2.75) is 19.8 Å². The van der Waals surface area contributed by atoms with Crippen LogP contribution in [0.1, 0.15) is 19.8 Å². The number of nitrogens with zero attached hydrogens (tertiary/aromatic N) is 2. The topological polar surface area (TPSA) is 79.0 Å². The Morgan fingerprint density at radius 3 is 2.52 bits per heavy atom. The Bertz CT molecular complexity index is 670. The second-order valence-corrected chi connectivity index (χ2v) is 7.96. The maximum absolute atomic E-state index is 12.2. The van der Waals surface area contributed by atoms with Gasteiger partial charge in [-0.05, 0) is 18.6 Å². The molecule has 1 heterocycles. The van der Waals surface area contributed by atoms with Gasteiger partial charge in [-0.2, -0.15) is 0 Å². The fraction of sp³-hybridized carbons (Fsp3) is 0.588. The van der Waals surface area contributed by atoms with E-state index in [-0.39, 0.29) is 18.2 Å². The monoisotopic (exact) mass is 369 g/mol. The van der Waals surface area contributed by atoms with E-state index in [2.05, 4.69) is 9.62 Å². The average Bonchev–Trinajstić information content (AvgIpc) is 2.64. The van der Waals surface area contributed by atoms with Gasteiger partial charge in [-0.25, -0.2) is 13.1 Å². The Morgan fingerprint density at radius 1 is 1.20 bits per heavy atom. The molecule has 0 radical (unpaired) electrons. The summed E-state index contributed by atoms with van der Waals surface area (Å²) in [4.78, 5) is 16.1. The highest BCUT2D eigenvalue weighted by Crippen LogP contribution is 2.28. The van der Waals surface area contributed by atoms with E-state index in [0.29, 0.717) is 32.6 Å². The number of nitrogens with one attached hydrogen (secondary N) is 1. The van der Waals surface area contributed by atoms with Gasteiger partial charge in [0.25, 0.3) is 0 Å². The van der Waals surface area contributed by atoms with Crippen molar-refractivity contribution in [3.8, 4) is 5.75 Å². The Labute approximate surface area is 150 Å². The van der Waals surface area contributed by atoms with Crippen LogP contribution >= 0.6 is 0 Å². The molecule has 8 heteroatoms. The first-order valence-electron chi connectivity index (χ1n) is 8.60. The molecular weight excluding hydrogens is 342 g/mol. The maximum atomic E-state index is 12.2. The van der Waals surface area contributed by atoms with Crippen LogP contribution in [-0.2, 0) is 14.8 Å². The number of carbonyl (C=O) groups is 1. The van der Waals surface area contributed by atoms with Crippen molar-refractivity contribution < 1.29 is 17.9 Å². The minimum Gasteiger partial charge on any atom is -0.495 e. The molecule has 1 aromatic rings. The largest absolute Gasteiger partial charge is 0.495 e. The molecule has 2 rings (SSSR count). The molecule has 0 bridgehead atoms. The molecule has 1 aliphatic heterocycles. The summed E-state index contributed by atoms with van der Waals surface area (Å²) in [7, 11) is -1.72. The average molecular weight is 369 g/mol. The summed E-state index contributed by atoms with van der Waals surface area (Å²) < 4.78 is 31.3. The number of hydrogen-bond donors (Lipinski definition) is 1. The molecule has 1 amide bonds. The van der Waals surface area contributed by atoms with E-state index in [1.54, 1.807) is 12.0 Å². The number of rotatable bonds is 8. The van der Waals surface area contributed by atoms with Crippen molar-refractivity contribution in [2.24, 2.45) is 0 Å². The molecule has 140 valence electrons. The zero-order valence-corrected chi connectivity index (χ0v) is 15.7. The lowest BCUT2D eigenvalue weighted by atomic mass is 10.2. The first-order chi connectivity index (χ1) is 12.0. The van der Waals surface area contributed by atoms with Crippen molar-refractivity contribution in [1.29, 1.82) is 0 Å². The van der Waals surface area contributed by atoms with E-state index in [9.17, 15) is 13.2 Å². The molecule has 25 heavy (non-hydrogen) atoms. The van der Waals surface area contributed by atoms with Gasteiger partial charge >= 0.3 is 0 Å². The summed E-state index contributed by atoms with van der Waals surface area (Å²) in [5.74, 6) is 0.698. The van der Waals surface area contributed by atoms with Crippen LogP contribution in [0.4, 0.5) is 5.69 Å². The first kappa shape index (κ1) is 19.5. The van der Waals surface area contributed by atoms with E-state index in [1.807, 2.05) is 31.2 Å². The number of methoxy groups -OCH3 is 1. The molecule has 1 saturated heterocycles. The standard InChI is InChI=1S/C17H27N3O4S/c1-3-4-13-25(22,23)18-14-17(21)20-11-9-19(10-12-20)15-7-5-6-8-16(15)24-2/h5-8,18H,3-4,9-14H2,1-2H3. The zero-order valence-electron chi connectivity index (χ0n) is 14.9. The molecule has 1 N–H and O–H groups in total. The molecule has 0 aliphatic carbocycles. The van der Waals surface area contributed by atoms with Crippen LogP contribution in [-0.4, -0.2) is 64.8 Å². The zero-order chi connectivity index (χ0) is 18.3. The Morgan fingerprint density at radius 2 is 1.88 bits per heavy atom. The summed E-state index contributed by atoms with van der Waals surface area (Å²) >= 11 is 0. The fourth-order valence-electron chi connectivity index (χ4n) is 2.78. The number of ether oxygens (including phenoxy) is 1. The van der Waals surface area contributed by atoms with Crippen molar-refractivity contribution >= 4 is 21.6 Å². The van der Waals surface area contributed by atoms with Crippen LogP contribution in [0.2, 0.25) is 0 Å². The number of amides is 1. The van der Waals surface area contributed by atoms with Crippen LogP contribution < -0.4 is 14.4 Å². The quantitative estimate of drug-likeness (QED) is 0.741. The number of benzene rings is 1. The third kappa shape index (κ3) is 5.61. The molecule has 0 unspecified atom stereocenters. The lowest BCUT2D eigenvalue weighted by Crippen LogP contribution is -2.51. The molecule has 0 spiro atoms. The number of unbranched alkanes of at least 4 members (excludes halogenated alkanes) is 1. The number of sulfonamides is 1. The second kappa shape index (κ2) is 9.05. The highest BCUT2D eigenvalue weighted by Gasteiger charge is 2.23. The highest BCUT2D eigenvalue weighted by molar-refractivity contribution is 7.89. The summed E-state index contributed by atoms with van der Waals surface area (Å²) in [6.07, 6.45) is 1.40. The van der Waals surface area contributed by atoms with Crippen LogP contribution in [0.15, 0.2) is 24.3 Å². The van der Waals surface area contributed by atoms with Crippen LogP contribution in [0, 0.1) is 0 Å². The van der Waals surface area contributed by atoms with Gasteiger partial charge in [0, 0.05) is 26.2 Å². The Hall–Kier alpha value is -1.80. The molecule has 1 fully saturated rings. The molecule has 1 aromatic carbocycles. The van der Waals surface area contributed by atoms with Gasteiger partial charge in [-0.3, -0.25) is 4.79 Å². The molecule has 0 saturated carbocycles. The Kier molecular flexibility index (Phi) is 7.07. The number of para-hydroxylation sites is 2. The third-order valence-electron chi connectivity index (χ3n) is 4.27. The third-order valence-corrected chi connectivity index (χ3v) is 5.68. The van der Waals surface area contributed by atoms with Crippen LogP contribution in [0.5, 0.6) is 5.75 Å². The van der Waals surface area contributed by atoms with Crippen LogP contribution in [0.3, 0.4) is 0 Å². The molecular formula is C17H27N3O4S. The number of carbonyl (C=O) groups excluding carboxylic acids is 1. The number of anilines is 1. The van der Waals surface area contributed by atoms with Gasteiger partial charge in [-0.15, -0.1) is 0 Å². The van der Waals surface area contributed by atoms with Gasteiger partial charge in [0.2, 0.25) is 15.9 Å².